The second kappa shape index (κ2) is 11.3. The van der Waals surface area contributed by atoms with Crippen LogP contribution in [0.5, 0.6) is 11.5 Å². The minimum absolute atomic E-state index is 0.0538. The first kappa shape index (κ1) is 21.8. The molecule has 1 saturated heterocycles. The second-order valence-corrected chi connectivity index (χ2v) is 7.87. The van der Waals surface area contributed by atoms with Crippen molar-refractivity contribution in [2.75, 3.05) is 49.7 Å². The number of nitrogens with zero attached hydrogens (tertiary/aromatic N) is 1. The summed E-state index contributed by atoms with van der Waals surface area (Å²) in [5, 5.41) is 3.08. The number of morpholine rings is 1. The van der Waals surface area contributed by atoms with Crippen molar-refractivity contribution in [3.05, 3.63) is 12.1 Å². The van der Waals surface area contributed by atoms with Crippen LogP contribution in [-0.4, -0.2) is 45.4 Å². The van der Waals surface area contributed by atoms with Gasteiger partial charge in [0.25, 0.3) is 0 Å². The molecule has 1 aromatic carbocycles. The van der Waals surface area contributed by atoms with E-state index in [1.807, 2.05) is 26.0 Å². The molecule has 0 aromatic heterocycles. The molecule has 6 nitrogen and oxygen atoms in total. The lowest BCUT2D eigenvalue weighted by Crippen LogP contribution is -2.36. The molecule has 1 saturated carbocycles. The van der Waals surface area contributed by atoms with E-state index < -0.39 is 0 Å². The predicted molar refractivity (Wildman–Crippen MR) is 116 cm³/mol. The number of amides is 1. The number of carbonyl (C=O) groups is 1. The zero-order valence-corrected chi connectivity index (χ0v) is 18.0. The third kappa shape index (κ3) is 6.26. The lowest BCUT2D eigenvalue weighted by atomic mass is 9.86. The molecule has 1 aliphatic heterocycles. The van der Waals surface area contributed by atoms with Crippen LogP contribution in [0.4, 0.5) is 11.4 Å². The normalized spacial score (nSPS) is 17.8. The van der Waals surface area contributed by atoms with Gasteiger partial charge in [-0.05, 0) is 26.2 Å². The Balaban J connectivity index is 1.73. The van der Waals surface area contributed by atoms with Gasteiger partial charge in [0.2, 0.25) is 5.91 Å². The van der Waals surface area contributed by atoms with Gasteiger partial charge in [-0.3, -0.25) is 4.79 Å². The average Bonchev–Trinajstić information content (AvgIpc) is 2.75. The summed E-state index contributed by atoms with van der Waals surface area (Å²) in [6.45, 7) is 8.09. The standard InChI is InChI=1S/C23H36N2O4/c1-3-28-21-17-20(25-12-14-27-15-13-25)22(29-4-2)16-19(21)24-23(26)11-10-18-8-6-5-7-9-18/h16-18H,3-15H2,1-2H3,(H,24,26). The average molecular weight is 405 g/mol. The molecular formula is C23H36N2O4. The molecule has 1 N–H and O–H groups in total. The van der Waals surface area contributed by atoms with Gasteiger partial charge in [-0.15, -0.1) is 0 Å². The van der Waals surface area contributed by atoms with Gasteiger partial charge in [0.15, 0.2) is 0 Å². The van der Waals surface area contributed by atoms with E-state index in [-0.39, 0.29) is 5.91 Å². The van der Waals surface area contributed by atoms with Crippen LogP contribution in [0, 0.1) is 5.92 Å². The summed E-state index contributed by atoms with van der Waals surface area (Å²) >= 11 is 0. The number of benzene rings is 1. The van der Waals surface area contributed by atoms with Crippen molar-refractivity contribution >= 4 is 17.3 Å². The van der Waals surface area contributed by atoms with Gasteiger partial charge >= 0.3 is 0 Å². The number of anilines is 2. The molecule has 162 valence electrons. The highest BCUT2D eigenvalue weighted by atomic mass is 16.5. The van der Waals surface area contributed by atoms with Crippen LogP contribution in [-0.2, 0) is 9.53 Å². The van der Waals surface area contributed by atoms with Crippen LogP contribution in [0.3, 0.4) is 0 Å². The first-order valence-electron chi connectivity index (χ1n) is 11.3. The third-order valence-corrected chi connectivity index (χ3v) is 5.79. The topological polar surface area (TPSA) is 60.0 Å². The fraction of sp³-hybridized carbons (Fsp3) is 0.696. The van der Waals surface area contributed by atoms with Gasteiger partial charge in [0.05, 0.1) is 37.8 Å². The molecular weight excluding hydrogens is 368 g/mol. The molecule has 3 rings (SSSR count). The fourth-order valence-corrected chi connectivity index (χ4v) is 4.27. The molecule has 29 heavy (non-hydrogen) atoms. The monoisotopic (exact) mass is 404 g/mol. The minimum Gasteiger partial charge on any atom is -0.492 e. The summed E-state index contributed by atoms with van der Waals surface area (Å²) < 4.78 is 17.3. The molecule has 0 spiro atoms. The Morgan fingerprint density at radius 1 is 1.07 bits per heavy atom. The van der Waals surface area contributed by atoms with Crippen molar-refractivity contribution in [3.63, 3.8) is 0 Å². The van der Waals surface area contributed by atoms with E-state index in [0.717, 1.165) is 30.9 Å². The lowest BCUT2D eigenvalue weighted by Gasteiger charge is -2.31. The first-order chi connectivity index (χ1) is 14.2. The Bertz CT molecular complexity index is 653. The second-order valence-electron chi connectivity index (χ2n) is 7.87. The predicted octanol–water partition coefficient (Wildman–Crippen LogP) is 4.62. The molecule has 0 unspecified atom stereocenters. The smallest absolute Gasteiger partial charge is 0.224 e. The van der Waals surface area contributed by atoms with Gasteiger partial charge < -0.3 is 24.4 Å². The Morgan fingerprint density at radius 3 is 2.45 bits per heavy atom. The van der Waals surface area contributed by atoms with E-state index in [0.29, 0.717) is 50.2 Å². The fourth-order valence-electron chi connectivity index (χ4n) is 4.27. The van der Waals surface area contributed by atoms with Gasteiger partial charge in [0, 0.05) is 31.6 Å². The van der Waals surface area contributed by atoms with E-state index in [1.165, 1.54) is 32.1 Å². The molecule has 2 aliphatic rings. The Hall–Kier alpha value is -1.95. The Labute approximate surface area is 174 Å². The quantitative estimate of drug-likeness (QED) is 0.651. The summed E-state index contributed by atoms with van der Waals surface area (Å²) in [5.41, 5.74) is 1.69. The summed E-state index contributed by atoms with van der Waals surface area (Å²) in [4.78, 5) is 14.9. The van der Waals surface area contributed by atoms with E-state index in [1.54, 1.807) is 0 Å². The maximum Gasteiger partial charge on any atom is 0.224 e. The number of hydrogen-bond donors (Lipinski definition) is 1. The van der Waals surface area contributed by atoms with Gasteiger partial charge in [0.1, 0.15) is 11.5 Å². The minimum atomic E-state index is 0.0538. The SMILES string of the molecule is CCOc1cc(N2CCOCC2)c(OCC)cc1NC(=O)CCC1CCCCC1. The number of nitrogens with one attached hydrogen (secondary N) is 1. The first-order valence-corrected chi connectivity index (χ1v) is 11.3. The number of hydrogen-bond acceptors (Lipinski definition) is 5. The molecule has 6 heteroatoms. The van der Waals surface area contributed by atoms with Gasteiger partial charge in [-0.2, -0.15) is 0 Å². The van der Waals surface area contributed by atoms with Crippen molar-refractivity contribution in [1.82, 2.24) is 0 Å². The third-order valence-electron chi connectivity index (χ3n) is 5.79. The zero-order chi connectivity index (χ0) is 20.5. The van der Waals surface area contributed by atoms with Crippen LogP contribution in [0.15, 0.2) is 12.1 Å². The largest absolute Gasteiger partial charge is 0.492 e. The Morgan fingerprint density at radius 2 is 1.76 bits per heavy atom. The molecule has 1 heterocycles. The highest BCUT2D eigenvalue weighted by molar-refractivity contribution is 5.93. The zero-order valence-electron chi connectivity index (χ0n) is 18.0. The van der Waals surface area contributed by atoms with Crippen LogP contribution < -0.4 is 19.7 Å². The molecule has 1 aliphatic carbocycles. The molecule has 1 aromatic rings. The van der Waals surface area contributed by atoms with E-state index >= 15 is 0 Å². The van der Waals surface area contributed by atoms with Crippen molar-refractivity contribution in [2.45, 2.75) is 58.8 Å². The summed E-state index contributed by atoms with van der Waals surface area (Å²) in [5.74, 6) is 2.23. The molecule has 1 amide bonds. The maximum atomic E-state index is 12.6. The summed E-state index contributed by atoms with van der Waals surface area (Å²) in [7, 11) is 0. The highest BCUT2D eigenvalue weighted by Crippen LogP contribution is 2.39. The summed E-state index contributed by atoms with van der Waals surface area (Å²) in [6.07, 6.45) is 8.02. The Kier molecular flexibility index (Phi) is 8.47. The molecule has 2 fully saturated rings. The van der Waals surface area contributed by atoms with Gasteiger partial charge in [-0.1, -0.05) is 32.1 Å². The number of carbonyl (C=O) groups excluding carboxylic acids is 1. The van der Waals surface area contributed by atoms with E-state index in [4.69, 9.17) is 14.2 Å². The van der Waals surface area contributed by atoms with Crippen molar-refractivity contribution in [1.29, 1.82) is 0 Å². The van der Waals surface area contributed by atoms with Gasteiger partial charge in [-0.25, -0.2) is 0 Å². The lowest BCUT2D eigenvalue weighted by molar-refractivity contribution is -0.116. The van der Waals surface area contributed by atoms with Crippen molar-refractivity contribution in [3.8, 4) is 11.5 Å². The maximum absolute atomic E-state index is 12.6. The van der Waals surface area contributed by atoms with E-state index in [9.17, 15) is 4.79 Å². The van der Waals surface area contributed by atoms with E-state index in [2.05, 4.69) is 10.2 Å². The number of rotatable bonds is 9. The van der Waals surface area contributed by atoms with Crippen LogP contribution in [0.25, 0.3) is 0 Å². The van der Waals surface area contributed by atoms with Crippen LogP contribution in [0.1, 0.15) is 58.8 Å². The molecule has 0 atom stereocenters. The summed E-state index contributed by atoms with van der Waals surface area (Å²) in [6, 6.07) is 3.91. The van der Waals surface area contributed by atoms with Crippen molar-refractivity contribution in [2.24, 2.45) is 5.92 Å². The number of ether oxygens (including phenoxy) is 3. The molecule has 0 bridgehead atoms. The van der Waals surface area contributed by atoms with Crippen LogP contribution >= 0.6 is 0 Å². The van der Waals surface area contributed by atoms with Crippen molar-refractivity contribution < 1.29 is 19.0 Å². The van der Waals surface area contributed by atoms with Crippen LogP contribution in [0.2, 0.25) is 0 Å². The highest BCUT2D eigenvalue weighted by Gasteiger charge is 2.21. The molecule has 0 radical (unpaired) electrons.